The van der Waals surface area contributed by atoms with Crippen LogP contribution in [-0.4, -0.2) is 47.2 Å². The Labute approximate surface area is 164 Å². The Kier molecular flexibility index (Phi) is 5.05. The quantitative estimate of drug-likeness (QED) is 0.857. The SMILES string of the molecule is CCCC(=O)N1C[C@H]2[C@@H](c3ccccc31)[C@@H](CO)N2C(=O)Nc1ccccc1. The zero-order chi connectivity index (χ0) is 19.7. The molecule has 2 heterocycles. The van der Waals surface area contributed by atoms with E-state index in [4.69, 9.17) is 0 Å². The van der Waals surface area contributed by atoms with Crippen LogP contribution in [0.1, 0.15) is 31.2 Å². The molecule has 3 atom stereocenters. The number of fused-ring (bicyclic) bond motifs is 3. The first-order chi connectivity index (χ1) is 13.7. The van der Waals surface area contributed by atoms with E-state index in [1.54, 1.807) is 9.80 Å². The van der Waals surface area contributed by atoms with Gasteiger partial charge in [-0.25, -0.2) is 4.79 Å². The van der Waals surface area contributed by atoms with Crippen LogP contribution in [0.4, 0.5) is 16.2 Å². The molecule has 146 valence electrons. The number of urea groups is 1. The Hall–Kier alpha value is -2.86. The van der Waals surface area contributed by atoms with E-state index in [1.807, 2.05) is 61.5 Å². The molecule has 0 saturated carbocycles. The predicted molar refractivity (Wildman–Crippen MR) is 108 cm³/mol. The molecule has 0 radical (unpaired) electrons. The van der Waals surface area contributed by atoms with Crippen molar-refractivity contribution in [3.05, 3.63) is 60.2 Å². The third kappa shape index (κ3) is 3.03. The molecule has 2 aliphatic heterocycles. The molecule has 2 aromatic rings. The highest BCUT2D eigenvalue weighted by atomic mass is 16.3. The number of amides is 3. The molecule has 0 aromatic heterocycles. The summed E-state index contributed by atoms with van der Waals surface area (Å²) in [4.78, 5) is 29.1. The zero-order valence-corrected chi connectivity index (χ0v) is 15.9. The monoisotopic (exact) mass is 379 g/mol. The van der Waals surface area contributed by atoms with Gasteiger partial charge in [-0.3, -0.25) is 4.79 Å². The van der Waals surface area contributed by atoms with Gasteiger partial charge in [-0.1, -0.05) is 43.3 Å². The standard InChI is InChI=1S/C22H25N3O3/c1-2-8-20(27)24-13-18-21(16-11-6-7-12-17(16)24)19(14-26)25(18)22(28)23-15-9-4-3-5-10-15/h3-7,9-12,18-19,21,26H,2,8,13-14H2,1H3,(H,23,28)/t18-,19+,21+/m0/s1. The van der Waals surface area contributed by atoms with Crippen LogP contribution in [0.2, 0.25) is 0 Å². The molecule has 2 aromatic carbocycles. The van der Waals surface area contributed by atoms with Crippen molar-refractivity contribution in [3.63, 3.8) is 0 Å². The summed E-state index contributed by atoms with van der Waals surface area (Å²) >= 11 is 0. The smallest absolute Gasteiger partial charge is 0.322 e. The summed E-state index contributed by atoms with van der Waals surface area (Å²) in [5.41, 5.74) is 2.65. The number of rotatable bonds is 4. The molecular weight excluding hydrogens is 354 g/mol. The Morgan fingerprint density at radius 1 is 1.11 bits per heavy atom. The fourth-order valence-corrected chi connectivity index (χ4v) is 4.46. The highest BCUT2D eigenvalue weighted by molar-refractivity contribution is 5.96. The highest BCUT2D eigenvalue weighted by Crippen LogP contribution is 2.48. The maximum Gasteiger partial charge on any atom is 0.322 e. The summed E-state index contributed by atoms with van der Waals surface area (Å²) in [6.07, 6.45) is 1.26. The van der Waals surface area contributed by atoms with E-state index in [0.717, 1.165) is 17.7 Å². The number of carbonyl (C=O) groups excluding carboxylic acids is 2. The first-order valence-corrected chi connectivity index (χ1v) is 9.80. The molecule has 2 N–H and O–H groups in total. The second-order valence-corrected chi connectivity index (χ2v) is 7.36. The third-order valence-electron chi connectivity index (χ3n) is 5.71. The average Bonchev–Trinajstić information content (AvgIpc) is 2.69. The molecule has 0 aliphatic carbocycles. The summed E-state index contributed by atoms with van der Waals surface area (Å²) < 4.78 is 0. The number of hydrogen-bond acceptors (Lipinski definition) is 3. The minimum absolute atomic E-state index is 0.0356. The number of aliphatic hydroxyl groups is 1. The van der Waals surface area contributed by atoms with Crippen LogP contribution in [0.3, 0.4) is 0 Å². The molecule has 6 heteroatoms. The van der Waals surface area contributed by atoms with Crippen molar-refractivity contribution in [1.82, 2.24) is 4.90 Å². The number of para-hydroxylation sites is 2. The second kappa shape index (κ2) is 7.64. The van der Waals surface area contributed by atoms with Crippen molar-refractivity contribution >= 4 is 23.3 Å². The average molecular weight is 379 g/mol. The fourth-order valence-electron chi connectivity index (χ4n) is 4.46. The van der Waals surface area contributed by atoms with E-state index in [0.29, 0.717) is 18.7 Å². The van der Waals surface area contributed by atoms with Gasteiger partial charge in [0.2, 0.25) is 5.91 Å². The first kappa shape index (κ1) is 18.5. The van der Waals surface area contributed by atoms with Crippen LogP contribution in [0.25, 0.3) is 0 Å². The number of carbonyl (C=O) groups is 2. The molecule has 6 nitrogen and oxygen atoms in total. The summed E-state index contributed by atoms with van der Waals surface area (Å²) in [6, 6.07) is 16.4. The van der Waals surface area contributed by atoms with Gasteiger partial charge in [-0.15, -0.1) is 0 Å². The Morgan fingerprint density at radius 3 is 2.54 bits per heavy atom. The van der Waals surface area contributed by atoms with Crippen molar-refractivity contribution in [2.24, 2.45) is 0 Å². The van der Waals surface area contributed by atoms with Crippen molar-refractivity contribution in [1.29, 1.82) is 0 Å². The van der Waals surface area contributed by atoms with Gasteiger partial charge >= 0.3 is 6.03 Å². The number of hydrogen-bond donors (Lipinski definition) is 2. The van der Waals surface area contributed by atoms with Crippen LogP contribution < -0.4 is 10.2 Å². The lowest BCUT2D eigenvalue weighted by molar-refractivity contribution is -0.119. The zero-order valence-electron chi connectivity index (χ0n) is 15.9. The predicted octanol–water partition coefficient (Wildman–Crippen LogP) is 3.19. The number of aliphatic hydroxyl groups excluding tert-OH is 1. The molecule has 0 spiro atoms. The second-order valence-electron chi connectivity index (χ2n) is 7.36. The van der Waals surface area contributed by atoms with Gasteiger partial charge in [0.15, 0.2) is 0 Å². The molecule has 2 aliphatic rings. The molecule has 3 amide bonds. The van der Waals surface area contributed by atoms with E-state index in [9.17, 15) is 14.7 Å². The fraction of sp³-hybridized carbons (Fsp3) is 0.364. The maximum absolute atomic E-state index is 12.9. The summed E-state index contributed by atoms with van der Waals surface area (Å²) in [5.74, 6) is 0.109. The Balaban J connectivity index is 1.63. The maximum atomic E-state index is 12.9. The van der Waals surface area contributed by atoms with Crippen molar-refractivity contribution in [2.45, 2.75) is 37.8 Å². The molecule has 0 unspecified atom stereocenters. The van der Waals surface area contributed by atoms with Gasteiger partial charge in [0.05, 0.1) is 18.7 Å². The van der Waals surface area contributed by atoms with E-state index in [1.165, 1.54) is 0 Å². The van der Waals surface area contributed by atoms with E-state index in [-0.39, 0.29) is 36.5 Å². The van der Waals surface area contributed by atoms with Crippen molar-refractivity contribution in [3.8, 4) is 0 Å². The number of anilines is 2. The lowest BCUT2D eigenvalue weighted by atomic mass is 9.72. The lowest BCUT2D eigenvalue weighted by Crippen LogP contribution is -2.71. The molecule has 28 heavy (non-hydrogen) atoms. The number of likely N-dealkylation sites (tertiary alicyclic amines) is 1. The summed E-state index contributed by atoms with van der Waals surface area (Å²) in [6.45, 7) is 2.33. The molecule has 0 bridgehead atoms. The summed E-state index contributed by atoms with van der Waals surface area (Å²) in [7, 11) is 0. The van der Waals surface area contributed by atoms with Gasteiger partial charge in [0.25, 0.3) is 0 Å². The minimum Gasteiger partial charge on any atom is -0.394 e. The largest absolute Gasteiger partial charge is 0.394 e. The Morgan fingerprint density at radius 2 is 1.82 bits per heavy atom. The van der Waals surface area contributed by atoms with Crippen LogP contribution >= 0.6 is 0 Å². The van der Waals surface area contributed by atoms with Crippen molar-refractivity contribution < 1.29 is 14.7 Å². The Bertz CT molecular complexity index is 870. The number of nitrogens with one attached hydrogen (secondary N) is 1. The van der Waals surface area contributed by atoms with Crippen LogP contribution in [0, 0.1) is 0 Å². The van der Waals surface area contributed by atoms with Gasteiger partial charge in [-0.2, -0.15) is 0 Å². The molecular formula is C22H25N3O3. The van der Waals surface area contributed by atoms with Gasteiger partial charge in [-0.05, 0) is 30.2 Å². The minimum atomic E-state index is -0.293. The molecule has 1 fully saturated rings. The van der Waals surface area contributed by atoms with Gasteiger partial charge in [0, 0.05) is 30.3 Å². The number of benzene rings is 2. The van der Waals surface area contributed by atoms with E-state index >= 15 is 0 Å². The molecule has 1 saturated heterocycles. The van der Waals surface area contributed by atoms with Gasteiger partial charge < -0.3 is 20.2 Å². The first-order valence-electron chi connectivity index (χ1n) is 9.80. The highest BCUT2D eigenvalue weighted by Gasteiger charge is 2.55. The van der Waals surface area contributed by atoms with Crippen LogP contribution in [0.15, 0.2) is 54.6 Å². The van der Waals surface area contributed by atoms with Gasteiger partial charge in [0.1, 0.15) is 0 Å². The third-order valence-corrected chi connectivity index (χ3v) is 5.71. The summed E-state index contributed by atoms with van der Waals surface area (Å²) in [5, 5.41) is 12.9. The van der Waals surface area contributed by atoms with Crippen LogP contribution in [0.5, 0.6) is 0 Å². The molecule has 4 rings (SSSR count). The van der Waals surface area contributed by atoms with E-state index in [2.05, 4.69) is 5.32 Å². The topological polar surface area (TPSA) is 72.9 Å². The van der Waals surface area contributed by atoms with Crippen LogP contribution in [-0.2, 0) is 4.79 Å². The normalized spacial score (nSPS) is 22.7. The lowest BCUT2D eigenvalue weighted by Gasteiger charge is -2.58. The van der Waals surface area contributed by atoms with Crippen molar-refractivity contribution in [2.75, 3.05) is 23.4 Å². The van der Waals surface area contributed by atoms with E-state index < -0.39 is 0 Å². The number of nitrogens with zero attached hydrogens (tertiary/aromatic N) is 2.